The molecule has 0 aliphatic carbocycles. The molecular weight excluding hydrogens is 224 g/mol. The first-order valence-electron chi connectivity index (χ1n) is 6.66. The van der Waals surface area contributed by atoms with Crippen molar-refractivity contribution >= 4 is 5.91 Å². The minimum absolute atomic E-state index is 0.0516. The normalized spacial score (nSPS) is 12.5. The van der Waals surface area contributed by atoms with Gasteiger partial charge in [-0.3, -0.25) is 4.79 Å². The third-order valence-electron chi connectivity index (χ3n) is 2.99. The molecular formula is C15H24N2O. The fourth-order valence-electron chi connectivity index (χ4n) is 2.03. The van der Waals surface area contributed by atoms with Gasteiger partial charge in [-0.1, -0.05) is 37.3 Å². The summed E-state index contributed by atoms with van der Waals surface area (Å²) in [5.41, 5.74) is 7.14. The van der Waals surface area contributed by atoms with Crippen molar-refractivity contribution < 1.29 is 4.79 Å². The zero-order valence-corrected chi connectivity index (χ0v) is 11.6. The second kappa shape index (κ2) is 7.17. The van der Waals surface area contributed by atoms with Crippen molar-refractivity contribution in [2.75, 3.05) is 6.54 Å². The van der Waals surface area contributed by atoms with Crippen molar-refractivity contribution in [2.24, 2.45) is 5.73 Å². The molecule has 3 heteroatoms. The molecule has 0 spiro atoms. The summed E-state index contributed by atoms with van der Waals surface area (Å²) in [6.45, 7) is 6.91. The fourth-order valence-corrected chi connectivity index (χ4v) is 2.03. The SMILES string of the molecule is CCCN(C(=O)C(N)Cc1ccccc1)C(C)C. The molecule has 18 heavy (non-hydrogen) atoms. The maximum Gasteiger partial charge on any atom is 0.240 e. The van der Waals surface area contributed by atoms with E-state index in [-0.39, 0.29) is 11.9 Å². The predicted octanol–water partition coefficient (Wildman–Crippen LogP) is 2.20. The number of nitrogens with two attached hydrogens (primary N) is 1. The Labute approximate surface area is 110 Å². The Morgan fingerprint density at radius 3 is 2.39 bits per heavy atom. The van der Waals surface area contributed by atoms with Crippen LogP contribution in [0.5, 0.6) is 0 Å². The van der Waals surface area contributed by atoms with Gasteiger partial charge in [-0.2, -0.15) is 0 Å². The Kier molecular flexibility index (Phi) is 5.86. The zero-order chi connectivity index (χ0) is 13.5. The summed E-state index contributed by atoms with van der Waals surface area (Å²) in [5, 5.41) is 0. The molecule has 0 aromatic heterocycles. The predicted molar refractivity (Wildman–Crippen MR) is 75.3 cm³/mol. The van der Waals surface area contributed by atoms with Crippen LogP contribution in [-0.2, 0) is 11.2 Å². The molecule has 1 atom stereocenters. The average molecular weight is 248 g/mol. The molecule has 100 valence electrons. The topological polar surface area (TPSA) is 46.3 Å². The van der Waals surface area contributed by atoms with Crippen molar-refractivity contribution in [3.8, 4) is 0 Å². The van der Waals surface area contributed by atoms with Crippen molar-refractivity contribution in [1.29, 1.82) is 0 Å². The first-order chi connectivity index (χ1) is 8.56. The van der Waals surface area contributed by atoms with Gasteiger partial charge in [0.25, 0.3) is 0 Å². The maximum atomic E-state index is 12.3. The molecule has 0 fully saturated rings. The average Bonchev–Trinajstić information content (AvgIpc) is 2.36. The fraction of sp³-hybridized carbons (Fsp3) is 0.533. The molecule has 0 heterocycles. The van der Waals surface area contributed by atoms with E-state index in [4.69, 9.17) is 5.73 Å². The van der Waals surface area contributed by atoms with E-state index in [9.17, 15) is 4.79 Å². The van der Waals surface area contributed by atoms with Gasteiger partial charge in [0.2, 0.25) is 5.91 Å². The smallest absolute Gasteiger partial charge is 0.240 e. The van der Waals surface area contributed by atoms with Crippen LogP contribution in [0.4, 0.5) is 0 Å². The van der Waals surface area contributed by atoms with E-state index < -0.39 is 6.04 Å². The number of amides is 1. The first-order valence-corrected chi connectivity index (χ1v) is 6.66. The number of rotatable bonds is 6. The number of carbonyl (C=O) groups excluding carboxylic acids is 1. The zero-order valence-electron chi connectivity index (χ0n) is 11.6. The van der Waals surface area contributed by atoms with Gasteiger partial charge >= 0.3 is 0 Å². The molecule has 1 amide bonds. The quantitative estimate of drug-likeness (QED) is 0.839. The Hall–Kier alpha value is -1.35. The lowest BCUT2D eigenvalue weighted by Crippen LogP contribution is -2.48. The molecule has 0 bridgehead atoms. The molecule has 0 aliphatic heterocycles. The van der Waals surface area contributed by atoms with E-state index in [1.54, 1.807) is 0 Å². The molecule has 2 N–H and O–H groups in total. The Morgan fingerprint density at radius 2 is 1.89 bits per heavy atom. The molecule has 0 saturated heterocycles. The minimum atomic E-state index is -0.443. The summed E-state index contributed by atoms with van der Waals surface area (Å²) in [6.07, 6.45) is 1.56. The van der Waals surface area contributed by atoms with Crippen LogP contribution in [0.3, 0.4) is 0 Å². The van der Waals surface area contributed by atoms with Gasteiger partial charge in [0, 0.05) is 12.6 Å². The summed E-state index contributed by atoms with van der Waals surface area (Å²) in [7, 11) is 0. The van der Waals surface area contributed by atoms with Gasteiger partial charge in [-0.25, -0.2) is 0 Å². The highest BCUT2D eigenvalue weighted by Crippen LogP contribution is 2.07. The van der Waals surface area contributed by atoms with Crippen molar-refractivity contribution in [3.05, 3.63) is 35.9 Å². The first kappa shape index (κ1) is 14.7. The van der Waals surface area contributed by atoms with Crippen molar-refractivity contribution in [3.63, 3.8) is 0 Å². The van der Waals surface area contributed by atoms with Crippen LogP contribution < -0.4 is 5.73 Å². The molecule has 1 rings (SSSR count). The van der Waals surface area contributed by atoms with E-state index in [0.717, 1.165) is 18.5 Å². The van der Waals surface area contributed by atoms with Crippen LogP contribution in [0, 0.1) is 0 Å². The van der Waals surface area contributed by atoms with Gasteiger partial charge in [-0.05, 0) is 32.3 Å². The third-order valence-corrected chi connectivity index (χ3v) is 2.99. The van der Waals surface area contributed by atoms with Gasteiger partial charge in [0.15, 0.2) is 0 Å². The molecule has 0 radical (unpaired) electrons. The van der Waals surface area contributed by atoms with Crippen LogP contribution >= 0.6 is 0 Å². The van der Waals surface area contributed by atoms with Crippen LogP contribution in [0.25, 0.3) is 0 Å². The van der Waals surface area contributed by atoms with Gasteiger partial charge in [-0.15, -0.1) is 0 Å². The second-order valence-corrected chi connectivity index (χ2v) is 4.92. The molecule has 0 aliphatic rings. The summed E-state index contributed by atoms with van der Waals surface area (Å²) >= 11 is 0. The van der Waals surface area contributed by atoms with Crippen molar-refractivity contribution in [1.82, 2.24) is 4.90 Å². The van der Waals surface area contributed by atoms with Crippen molar-refractivity contribution in [2.45, 2.75) is 45.7 Å². The summed E-state index contributed by atoms with van der Waals surface area (Å²) in [5.74, 6) is 0.0516. The Balaban J connectivity index is 2.65. The lowest BCUT2D eigenvalue weighted by Gasteiger charge is -2.29. The largest absolute Gasteiger partial charge is 0.339 e. The summed E-state index contributed by atoms with van der Waals surface area (Å²) in [4.78, 5) is 14.1. The molecule has 1 aromatic rings. The highest BCUT2D eigenvalue weighted by Gasteiger charge is 2.22. The van der Waals surface area contributed by atoms with Gasteiger partial charge in [0.05, 0.1) is 6.04 Å². The number of hydrogen-bond donors (Lipinski definition) is 1. The lowest BCUT2D eigenvalue weighted by molar-refractivity contribution is -0.134. The monoisotopic (exact) mass is 248 g/mol. The van der Waals surface area contributed by atoms with E-state index in [0.29, 0.717) is 6.42 Å². The molecule has 0 saturated carbocycles. The molecule has 1 aromatic carbocycles. The standard InChI is InChI=1S/C15H24N2O/c1-4-10-17(12(2)3)15(18)14(16)11-13-8-6-5-7-9-13/h5-9,12,14H,4,10-11,16H2,1-3H3. The van der Waals surface area contributed by atoms with E-state index in [2.05, 4.69) is 6.92 Å². The number of benzene rings is 1. The molecule has 3 nitrogen and oxygen atoms in total. The number of carbonyl (C=O) groups is 1. The van der Waals surface area contributed by atoms with Crippen LogP contribution in [-0.4, -0.2) is 29.4 Å². The van der Waals surface area contributed by atoms with Gasteiger partial charge in [0.1, 0.15) is 0 Å². The van der Waals surface area contributed by atoms with Crippen LogP contribution in [0.1, 0.15) is 32.8 Å². The Bertz CT molecular complexity index is 362. The van der Waals surface area contributed by atoms with Crippen LogP contribution in [0.15, 0.2) is 30.3 Å². The van der Waals surface area contributed by atoms with E-state index in [1.807, 2.05) is 49.1 Å². The lowest BCUT2D eigenvalue weighted by atomic mass is 10.0. The summed E-state index contributed by atoms with van der Waals surface area (Å²) in [6, 6.07) is 9.69. The second-order valence-electron chi connectivity index (χ2n) is 4.92. The minimum Gasteiger partial charge on any atom is -0.339 e. The number of nitrogens with zero attached hydrogens (tertiary/aromatic N) is 1. The third kappa shape index (κ3) is 4.15. The Morgan fingerprint density at radius 1 is 1.28 bits per heavy atom. The van der Waals surface area contributed by atoms with E-state index >= 15 is 0 Å². The number of hydrogen-bond acceptors (Lipinski definition) is 2. The highest BCUT2D eigenvalue weighted by atomic mass is 16.2. The van der Waals surface area contributed by atoms with E-state index in [1.165, 1.54) is 0 Å². The van der Waals surface area contributed by atoms with Crippen LogP contribution in [0.2, 0.25) is 0 Å². The highest BCUT2D eigenvalue weighted by molar-refractivity contribution is 5.82. The summed E-state index contributed by atoms with van der Waals surface area (Å²) < 4.78 is 0. The molecule has 1 unspecified atom stereocenters. The maximum absolute atomic E-state index is 12.3. The van der Waals surface area contributed by atoms with Gasteiger partial charge < -0.3 is 10.6 Å².